The van der Waals surface area contributed by atoms with E-state index in [1.54, 1.807) is 29.1 Å². The lowest BCUT2D eigenvalue weighted by Gasteiger charge is -2.24. The molecule has 156 valence electrons. The molecule has 3 aromatic rings. The molecule has 0 radical (unpaired) electrons. The van der Waals surface area contributed by atoms with Gasteiger partial charge in [0.25, 0.3) is 0 Å². The fourth-order valence-corrected chi connectivity index (χ4v) is 3.99. The maximum absolute atomic E-state index is 12.6. The van der Waals surface area contributed by atoms with Gasteiger partial charge < -0.3 is 14.9 Å². The highest BCUT2D eigenvalue weighted by molar-refractivity contribution is 6.42. The summed E-state index contributed by atoms with van der Waals surface area (Å²) in [5.74, 6) is 0.295. The molecule has 6 nitrogen and oxygen atoms in total. The van der Waals surface area contributed by atoms with E-state index in [0.29, 0.717) is 42.6 Å². The van der Waals surface area contributed by atoms with Crippen LogP contribution in [-0.4, -0.2) is 45.3 Å². The third-order valence-corrected chi connectivity index (χ3v) is 6.05. The Morgan fingerprint density at radius 1 is 1.07 bits per heavy atom. The number of hydrogen-bond donors (Lipinski definition) is 1. The van der Waals surface area contributed by atoms with E-state index >= 15 is 0 Å². The van der Waals surface area contributed by atoms with Gasteiger partial charge in [0, 0.05) is 68.7 Å². The molecule has 1 aromatic heterocycles. The summed E-state index contributed by atoms with van der Waals surface area (Å²) < 4.78 is 1.70. The lowest BCUT2D eigenvalue weighted by atomic mass is 10.1. The number of amides is 1. The first kappa shape index (κ1) is 20.6. The van der Waals surface area contributed by atoms with Crippen molar-refractivity contribution in [2.45, 2.75) is 13.0 Å². The first-order chi connectivity index (χ1) is 14.4. The van der Waals surface area contributed by atoms with Gasteiger partial charge in [-0.3, -0.25) is 9.48 Å². The Morgan fingerprint density at radius 2 is 1.90 bits per heavy atom. The van der Waals surface area contributed by atoms with Crippen LogP contribution in [0.1, 0.15) is 12.0 Å². The number of nitrogens with zero attached hydrogens (tertiary/aromatic N) is 4. The number of hydrogen-bond acceptors (Lipinski definition) is 4. The van der Waals surface area contributed by atoms with Gasteiger partial charge >= 0.3 is 0 Å². The lowest BCUT2D eigenvalue weighted by molar-refractivity contribution is -0.130. The molecule has 1 fully saturated rings. The number of carbonyl (C=O) groups is 1. The summed E-state index contributed by atoms with van der Waals surface area (Å²) in [6.07, 6.45) is 3.99. The number of aromatic hydroxyl groups is 1. The van der Waals surface area contributed by atoms with Crippen LogP contribution in [0.4, 0.5) is 5.69 Å². The Hall–Kier alpha value is -2.70. The molecule has 1 aliphatic heterocycles. The summed E-state index contributed by atoms with van der Waals surface area (Å²) in [6, 6.07) is 11.1. The van der Waals surface area contributed by atoms with Crippen molar-refractivity contribution < 1.29 is 9.90 Å². The molecule has 4 rings (SSSR count). The van der Waals surface area contributed by atoms with E-state index < -0.39 is 0 Å². The largest absolute Gasteiger partial charge is 0.507 e. The van der Waals surface area contributed by atoms with Crippen LogP contribution in [-0.2, 0) is 18.4 Å². The summed E-state index contributed by atoms with van der Waals surface area (Å²) in [4.78, 5) is 16.6. The Bertz CT molecular complexity index is 1080. The maximum Gasteiger partial charge on any atom is 0.224 e. The number of aromatic nitrogens is 2. The van der Waals surface area contributed by atoms with Crippen LogP contribution in [0, 0.1) is 0 Å². The molecule has 0 spiro atoms. The number of rotatable bonds is 4. The zero-order valence-corrected chi connectivity index (χ0v) is 18.1. The van der Waals surface area contributed by atoms with Crippen LogP contribution in [0.5, 0.6) is 5.75 Å². The predicted octanol–water partition coefficient (Wildman–Crippen LogP) is 4.34. The number of benzene rings is 2. The lowest BCUT2D eigenvalue weighted by Crippen LogP contribution is -2.32. The highest BCUT2D eigenvalue weighted by Crippen LogP contribution is 2.33. The average Bonchev–Trinajstić information content (AvgIpc) is 3.06. The summed E-state index contributed by atoms with van der Waals surface area (Å²) >= 11 is 12.1. The molecular formula is C22H22Cl2N4O2. The number of halogens is 2. The zero-order chi connectivity index (χ0) is 21.3. The van der Waals surface area contributed by atoms with Gasteiger partial charge in [-0.2, -0.15) is 5.10 Å². The highest BCUT2D eigenvalue weighted by atomic mass is 35.5. The van der Waals surface area contributed by atoms with E-state index in [4.69, 9.17) is 23.2 Å². The molecule has 0 unspecified atom stereocenters. The van der Waals surface area contributed by atoms with Crippen LogP contribution in [0.3, 0.4) is 0 Å². The zero-order valence-electron chi connectivity index (χ0n) is 16.6. The Kier molecular flexibility index (Phi) is 5.88. The molecule has 2 heterocycles. The van der Waals surface area contributed by atoms with Crippen molar-refractivity contribution in [3.63, 3.8) is 0 Å². The fraction of sp³-hybridized carbons (Fsp3) is 0.273. The fourth-order valence-electron chi connectivity index (χ4n) is 3.67. The minimum absolute atomic E-state index is 0.0970. The summed E-state index contributed by atoms with van der Waals surface area (Å²) in [5.41, 5.74) is 3.44. The molecule has 1 amide bonds. The maximum atomic E-state index is 12.6. The van der Waals surface area contributed by atoms with Crippen molar-refractivity contribution in [3.8, 4) is 16.9 Å². The standard InChI is InChI=1S/C22H22Cl2N4O2/c1-26-14-16(12-25-26)18-4-3-17(11-21(18)29)27-7-6-22(30)28(9-8-27)13-15-2-5-19(23)20(24)10-15/h2-5,10-12,14,29H,6-9,13H2,1H3. The first-order valence-electron chi connectivity index (χ1n) is 9.69. The quantitative estimate of drug-likeness (QED) is 0.649. The number of phenolic OH excluding ortho intramolecular Hbond substituents is 1. The van der Waals surface area contributed by atoms with Gasteiger partial charge in [-0.25, -0.2) is 0 Å². The van der Waals surface area contributed by atoms with Crippen molar-refractivity contribution in [1.29, 1.82) is 0 Å². The van der Waals surface area contributed by atoms with Gasteiger partial charge in [-0.1, -0.05) is 29.3 Å². The predicted molar refractivity (Wildman–Crippen MR) is 119 cm³/mol. The van der Waals surface area contributed by atoms with Gasteiger partial charge in [0.15, 0.2) is 0 Å². The number of anilines is 1. The van der Waals surface area contributed by atoms with Gasteiger partial charge in [-0.15, -0.1) is 0 Å². The third-order valence-electron chi connectivity index (χ3n) is 5.31. The molecule has 0 aliphatic carbocycles. The number of carbonyl (C=O) groups excluding carboxylic acids is 1. The van der Waals surface area contributed by atoms with E-state index in [0.717, 1.165) is 22.4 Å². The van der Waals surface area contributed by atoms with Gasteiger partial charge in [0.1, 0.15) is 5.75 Å². The van der Waals surface area contributed by atoms with Crippen molar-refractivity contribution in [2.24, 2.45) is 7.05 Å². The minimum Gasteiger partial charge on any atom is -0.507 e. The second kappa shape index (κ2) is 8.58. The van der Waals surface area contributed by atoms with Crippen LogP contribution in [0.2, 0.25) is 10.0 Å². The molecule has 8 heteroatoms. The van der Waals surface area contributed by atoms with Gasteiger partial charge in [-0.05, 0) is 29.8 Å². The summed E-state index contributed by atoms with van der Waals surface area (Å²) in [5, 5.41) is 15.7. The molecule has 0 saturated carbocycles. The molecule has 30 heavy (non-hydrogen) atoms. The van der Waals surface area contributed by atoms with Gasteiger partial charge in [0.05, 0.1) is 16.2 Å². The van der Waals surface area contributed by atoms with Crippen LogP contribution in [0.15, 0.2) is 48.8 Å². The van der Waals surface area contributed by atoms with E-state index in [2.05, 4.69) is 10.00 Å². The molecule has 1 saturated heterocycles. The van der Waals surface area contributed by atoms with Crippen molar-refractivity contribution in [3.05, 3.63) is 64.4 Å². The van der Waals surface area contributed by atoms with E-state index in [-0.39, 0.29) is 11.7 Å². The number of aryl methyl sites for hydroxylation is 1. The molecular weight excluding hydrogens is 423 g/mol. The third kappa shape index (κ3) is 4.40. The molecule has 1 N–H and O–H groups in total. The topological polar surface area (TPSA) is 61.6 Å². The second-order valence-corrected chi connectivity index (χ2v) is 8.22. The molecule has 0 atom stereocenters. The Labute approximate surface area is 185 Å². The van der Waals surface area contributed by atoms with E-state index in [1.807, 2.05) is 36.3 Å². The molecule has 1 aliphatic rings. The smallest absolute Gasteiger partial charge is 0.224 e. The van der Waals surface area contributed by atoms with Crippen LogP contribution in [0.25, 0.3) is 11.1 Å². The Morgan fingerprint density at radius 3 is 2.60 bits per heavy atom. The van der Waals surface area contributed by atoms with Crippen molar-refractivity contribution in [2.75, 3.05) is 24.5 Å². The Balaban J connectivity index is 1.47. The van der Waals surface area contributed by atoms with Crippen molar-refractivity contribution >= 4 is 34.8 Å². The second-order valence-electron chi connectivity index (χ2n) is 7.40. The highest BCUT2D eigenvalue weighted by Gasteiger charge is 2.22. The molecule has 0 bridgehead atoms. The van der Waals surface area contributed by atoms with Crippen molar-refractivity contribution in [1.82, 2.24) is 14.7 Å². The average molecular weight is 445 g/mol. The SMILES string of the molecule is Cn1cc(-c2ccc(N3CCC(=O)N(Cc4ccc(Cl)c(Cl)c4)CC3)cc2O)cn1. The summed E-state index contributed by atoms with van der Waals surface area (Å²) in [7, 11) is 1.84. The van der Waals surface area contributed by atoms with E-state index in [9.17, 15) is 9.90 Å². The van der Waals surface area contributed by atoms with Gasteiger partial charge in [0.2, 0.25) is 5.91 Å². The van der Waals surface area contributed by atoms with E-state index in [1.165, 1.54) is 0 Å². The van der Waals surface area contributed by atoms with Crippen LogP contribution < -0.4 is 4.90 Å². The molecule has 2 aromatic carbocycles. The minimum atomic E-state index is 0.0970. The first-order valence-corrected chi connectivity index (χ1v) is 10.4. The van der Waals surface area contributed by atoms with Crippen LogP contribution >= 0.6 is 23.2 Å². The number of phenols is 1. The normalized spacial score (nSPS) is 14.8. The monoisotopic (exact) mass is 444 g/mol. The summed E-state index contributed by atoms with van der Waals surface area (Å²) in [6.45, 7) is 2.36.